The van der Waals surface area contributed by atoms with Crippen molar-refractivity contribution in [1.29, 1.82) is 0 Å². The third-order valence-corrected chi connectivity index (χ3v) is 8.30. The van der Waals surface area contributed by atoms with Gasteiger partial charge in [-0.05, 0) is 81.4 Å². The van der Waals surface area contributed by atoms with Gasteiger partial charge in [0.25, 0.3) is 15.9 Å². The third kappa shape index (κ3) is 5.42. The number of aryl methyl sites for hydroxylation is 1. The van der Waals surface area contributed by atoms with Gasteiger partial charge in [-0.1, -0.05) is 18.2 Å². The highest BCUT2D eigenvalue weighted by atomic mass is 32.2. The first-order valence-corrected chi connectivity index (χ1v) is 13.8. The van der Waals surface area contributed by atoms with Crippen molar-refractivity contribution in [2.75, 3.05) is 22.8 Å². The zero-order valence-corrected chi connectivity index (χ0v) is 21.9. The molecule has 7 nitrogen and oxygen atoms in total. The van der Waals surface area contributed by atoms with Crippen LogP contribution in [0.4, 0.5) is 10.8 Å². The van der Waals surface area contributed by atoms with E-state index in [0.29, 0.717) is 23.0 Å². The molecule has 4 rings (SSSR count). The average molecular weight is 522 g/mol. The number of carbonyl (C=O) groups is 1. The predicted molar refractivity (Wildman–Crippen MR) is 144 cm³/mol. The van der Waals surface area contributed by atoms with Crippen LogP contribution in [-0.4, -0.2) is 32.5 Å². The molecular formula is C27H27N3O4S2. The third-order valence-electron chi connectivity index (χ3n) is 5.49. The molecule has 0 spiro atoms. The fourth-order valence-electron chi connectivity index (χ4n) is 3.75. The van der Waals surface area contributed by atoms with Gasteiger partial charge in [-0.25, -0.2) is 13.4 Å². The fourth-order valence-corrected chi connectivity index (χ4v) is 6.06. The standard InChI is InChI=1S/C27H27N3O4S2/c1-4-30(22-9-7-6-8-10-22)36(32,33)24-17-13-21(14-18-24)26(31)29-27-28-25(19(3)35-27)20-11-15-23(16-12-20)34-5-2/h6-18H,4-5H2,1-3H3,(H,28,29,31). The van der Waals surface area contributed by atoms with Crippen LogP contribution in [0.1, 0.15) is 29.1 Å². The molecule has 36 heavy (non-hydrogen) atoms. The minimum atomic E-state index is -3.76. The smallest absolute Gasteiger partial charge is 0.264 e. The molecule has 1 N–H and O–H groups in total. The van der Waals surface area contributed by atoms with Gasteiger partial charge in [-0.15, -0.1) is 11.3 Å². The summed E-state index contributed by atoms with van der Waals surface area (Å²) in [5.74, 6) is 0.431. The number of sulfonamides is 1. The molecule has 0 saturated heterocycles. The molecule has 186 valence electrons. The summed E-state index contributed by atoms with van der Waals surface area (Å²) in [4.78, 5) is 18.5. The Hall–Kier alpha value is -3.69. The molecule has 3 aromatic carbocycles. The molecule has 0 bridgehead atoms. The van der Waals surface area contributed by atoms with E-state index in [1.54, 1.807) is 31.2 Å². The summed E-state index contributed by atoms with van der Waals surface area (Å²) < 4.78 is 33.2. The van der Waals surface area contributed by atoms with Crippen LogP contribution in [0.15, 0.2) is 83.8 Å². The molecule has 0 radical (unpaired) electrons. The molecule has 1 aromatic heterocycles. The number of nitrogens with zero attached hydrogens (tertiary/aromatic N) is 2. The lowest BCUT2D eigenvalue weighted by molar-refractivity contribution is 0.102. The van der Waals surface area contributed by atoms with E-state index in [2.05, 4.69) is 10.3 Å². The number of anilines is 2. The number of rotatable bonds is 9. The largest absolute Gasteiger partial charge is 0.494 e. The topological polar surface area (TPSA) is 88.6 Å². The van der Waals surface area contributed by atoms with Crippen LogP contribution in [0, 0.1) is 6.92 Å². The van der Waals surface area contributed by atoms with E-state index in [0.717, 1.165) is 21.9 Å². The first-order valence-electron chi connectivity index (χ1n) is 11.5. The van der Waals surface area contributed by atoms with Crippen molar-refractivity contribution in [3.8, 4) is 17.0 Å². The van der Waals surface area contributed by atoms with Gasteiger partial charge in [0.05, 0.1) is 22.9 Å². The molecule has 0 aliphatic heterocycles. The Morgan fingerprint density at radius 2 is 1.64 bits per heavy atom. The van der Waals surface area contributed by atoms with Gasteiger partial charge in [0.1, 0.15) is 5.75 Å². The molecule has 1 amide bonds. The van der Waals surface area contributed by atoms with E-state index in [1.165, 1.54) is 39.9 Å². The monoisotopic (exact) mass is 521 g/mol. The SMILES string of the molecule is CCOc1ccc(-c2nc(NC(=O)c3ccc(S(=O)(=O)N(CC)c4ccccc4)cc3)sc2C)cc1. The van der Waals surface area contributed by atoms with Crippen LogP contribution in [0.3, 0.4) is 0 Å². The van der Waals surface area contributed by atoms with Crippen molar-refractivity contribution in [2.45, 2.75) is 25.7 Å². The Morgan fingerprint density at radius 1 is 0.972 bits per heavy atom. The summed E-state index contributed by atoms with van der Waals surface area (Å²) in [6, 6.07) is 22.5. The number of hydrogen-bond donors (Lipinski definition) is 1. The van der Waals surface area contributed by atoms with Gasteiger partial charge < -0.3 is 4.74 Å². The Bertz CT molecular complexity index is 1430. The van der Waals surface area contributed by atoms with Gasteiger partial charge in [0, 0.05) is 22.5 Å². The van der Waals surface area contributed by atoms with Crippen molar-refractivity contribution < 1.29 is 17.9 Å². The number of carbonyl (C=O) groups excluding carboxylic acids is 1. The van der Waals surface area contributed by atoms with E-state index in [4.69, 9.17) is 4.74 Å². The summed E-state index contributed by atoms with van der Waals surface area (Å²) >= 11 is 1.38. The number of thiazole rings is 1. The average Bonchev–Trinajstić information content (AvgIpc) is 3.25. The molecular weight excluding hydrogens is 494 g/mol. The number of aromatic nitrogens is 1. The van der Waals surface area contributed by atoms with Crippen molar-refractivity contribution in [1.82, 2.24) is 4.98 Å². The number of amides is 1. The van der Waals surface area contributed by atoms with Crippen molar-refractivity contribution >= 4 is 38.1 Å². The van der Waals surface area contributed by atoms with Gasteiger partial charge in [0.15, 0.2) is 5.13 Å². The Labute approximate surface area is 215 Å². The number of ether oxygens (including phenoxy) is 1. The molecule has 1 heterocycles. The minimum Gasteiger partial charge on any atom is -0.494 e. The summed E-state index contributed by atoms with van der Waals surface area (Å²) in [5, 5.41) is 3.29. The number of benzene rings is 3. The van der Waals surface area contributed by atoms with Crippen molar-refractivity contribution in [3.63, 3.8) is 0 Å². The quantitative estimate of drug-likeness (QED) is 0.292. The van der Waals surface area contributed by atoms with Gasteiger partial charge in [0.2, 0.25) is 0 Å². The number of hydrogen-bond acceptors (Lipinski definition) is 6. The van der Waals surface area contributed by atoms with E-state index in [1.807, 2.05) is 44.2 Å². The van der Waals surface area contributed by atoms with Gasteiger partial charge >= 0.3 is 0 Å². The molecule has 0 aliphatic carbocycles. The fraction of sp³-hybridized carbons (Fsp3) is 0.185. The summed E-state index contributed by atoms with van der Waals surface area (Å²) in [6.45, 7) is 6.55. The zero-order chi connectivity index (χ0) is 25.7. The maximum Gasteiger partial charge on any atom is 0.264 e. The first kappa shape index (κ1) is 25.4. The highest BCUT2D eigenvalue weighted by Crippen LogP contribution is 2.32. The second-order valence-electron chi connectivity index (χ2n) is 7.87. The normalized spacial score (nSPS) is 11.2. The lowest BCUT2D eigenvalue weighted by Gasteiger charge is -2.22. The van der Waals surface area contributed by atoms with Gasteiger partial charge in [-0.2, -0.15) is 0 Å². The summed E-state index contributed by atoms with van der Waals surface area (Å²) in [7, 11) is -3.76. The van der Waals surface area contributed by atoms with Crippen LogP contribution in [-0.2, 0) is 10.0 Å². The van der Waals surface area contributed by atoms with E-state index in [9.17, 15) is 13.2 Å². The molecule has 0 saturated carbocycles. The van der Waals surface area contributed by atoms with E-state index in [-0.39, 0.29) is 17.3 Å². The summed E-state index contributed by atoms with van der Waals surface area (Å²) in [5.41, 5.74) is 2.65. The lowest BCUT2D eigenvalue weighted by Crippen LogP contribution is -2.30. The van der Waals surface area contributed by atoms with Gasteiger partial charge in [-0.3, -0.25) is 14.4 Å². The molecule has 4 aromatic rings. The zero-order valence-electron chi connectivity index (χ0n) is 20.3. The van der Waals surface area contributed by atoms with Crippen LogP contribution >= 0.6 is 11.3 Å². The molecule has 0 fully saturated rings. The molecule has 9 heteroatoms. The minimum absolute atomic E-state index is 0.118. The number of para-hydroxylation sites is 1. The van der Waals surface area contributed by atoms with E-state index >= 15 is 0 Å². The second-order valence-corrected chi connectivity index (χ2v) is 10.9. The lowest BCUT2D eigenvalue weighted by atomic mass is 10.1. The van der Waals surface area contributed by atoms with Crippen LogP contribution in [0.5, 0.6) is 5.75 Å². The Morgan fingerprint density at radius 3 is 2.25 bits per heavy atom. The number of nitrogens with one attached hydrogen (secondary N) is 1. The highest BCUT2D eigenvalue weighted by molar-refractivity contribution is 7.92. The Kier molecular flexibility index (Phi) is 7.71. The molecule has 0 aliphatic rings. The first-order chi connectivity index (χ1) is 17.3. The predicted octanol–water partition coefficient (Wildman–Crippen LogP) is 5.98. The van der Waals surface area contributed by atoms with Crippen molar-refractivity contribution in [3.05, 3.63) is 89.3 Å². The molecule has 0 unspecified atom stereocenters. The maximum atomic E-state index is 13.2. The van der Waals surface area contributed by atoms with E-state index < -0.39 is 10.0 Å². The van der Waals surface area contributed by atoms with Crippen LogP contribution in [0.25, 0.3) is 11.3 Å². The summed E-state index contributed by atoms with van der Waals surface area (Å²) in [6.07, 6.45) is 0. The second kappa shape index (κ2) is 10.9. The van der Waals surface area contributed by atoms with Crippen LogP contribution < -0.4 is 14.4 Å². The Balaban J connectivity index is 1.49. The molecule has 0 atom stereocenters. The highest BCUT2D eigenvalue weighted by Gasteiger charge is 2.24. The van der Waals surface area contributed by atoms with Crippen molar-refractivity contribution in [2.24, 2.45) is 0 Å². The maximum absolute atomic E-state index is 13.2. The van der Waals surface area contributed by atoms with Crippen LogP contribution in [0.2, 0.25) is 0 Å².